The van der Waals surface area contributed by atoms with Crippen molar-refractivity contribution >= 4 is 22.6 Å². The molecule has 0 aromatic rings. The van der Waals surface area contributed by atoms with E-state index in [9.17, 15) is 10.2 Å². The minimum atomic E-state index is -0.793. The zero-order chi connectivity index (χ0) is 9.23. The number of aliphatic hydroxyl groups is 2. The molecule has 0 aliphatic carbocycles. The summed E-state index contributed by atoms with van der Waals surface area (Å²) in [7, 11) is 0. The molecule has 0 heterocycles. The molecule has 0 aliphatic heterocycles. The van der Waals surface area contributed by atoms with Crippen molar-refractivity contribution in [2.75, 3.05) is 0 Å². The summed E-state index contributed by atoms with van der Waals surface area (Å²) in [6.45, 7) is 7.24. The third kappa shape index (κ3) is 3.71. The van der Waals surface area contributed by atoms with Crippen LogP contribution in [0.3, 0.4) is 0 Å². The molecule has 68 valence electrons. The van der Waals surface area contributed by atoms with Crippen LogP contribution in [0.25, 0.3) is 0 Å². The normalized spacial score (nSPS) is 21.0. The zero-order valence-electron chi connectivity index (χ0n) is 7.50. The monoisotopic (exact) mass is 272 g/mol. The summed E-state index contributed by atoms with van der Waals surface area (Å²) in [4.78, 5) is 0. The van der Waals surface area contributed by atoms with Gasteiger partial charge in [0.1, 0.15) is 0 Å². The van der Waals surface area contributed by atoms with E-state index in [-0.39, 0.29) is 9.84 Å². The van der Waals surface area contributed by atoms with Gasteiger partial charge in [-0.05, 0) is 13.8 Å². The molecule has 0 fully saturated rings. The molecule has 0 radical (unpaired) electrons. The van der Waals surface area contributed by atoms with Crippen molar-refractivity contribution in [2.45, 2.75) is 43.3 Å². The number of alkyl halides is 1. The van der Waals surface area contributed by atoms with Gasteiger partial charge in [0.15, 0.2) is 0 Å². The fraction of sp³-hybridized carbons (Fsp3) is 1.00. The summed E-state index contributed by atoms with van der Waals surface area (Å²) in [6, 6.07) is 0. The minimum absolute atomic E-state index is 0.0885. The maximum absolute atomic E-state index is 9.56. The van der Waals surface area contributed by atoms with Crippen LogP contribution in [0, 0.1) is 5.92 Å². The van der Waals surface area contributed by atoms with Crippen LogP contribution in [0.5, 0.6) is 0 Å². The maximum atomic E-state index is 9.56. The van der Waals surface area contributed by atoms with Gasteiger partial charge in [0.05, 0.1) is 11.7 Å². The Morgan fingerprint density at radius 3 is 1.73 bits per heavy atom. The highest BCUT2D eigenvalue weighted by Gasteiger charge is 2.30. The van der Waals surface area contributed by atoms with Crippen LogP contribution in [0.15, 0.2) is 0 Å². The van der Waals surface area contributed by atoms with Crippen LogP contribution in [-0.2, 0) is 0 Å². The summed E-state index contributed by atoms with van der Waals surface area (Å²) < 4.78 is 0.175. The molecular formula is C8H17IO2. The van der Waals surface area contributed by atoms with Gasteiger partial charge in [-0.2, -0.15) is 0 Å². The average molecular weight is 272 g/mol. The molecule has 3 unspecified atom stereocenters. The van der Waals surface area contributed by atoms with Gasteiger partial charge < -0.3 is 10.2 Å². The molecule has 11 heavy (non-hydrogen) atoms. The quantitative estimate of drug-likeness (QED) is 0.605. The molecule has 0 spiro atoms. The van der Waals surface area contributed by atoms with Crippen LogP contribution >= 0.6 is 22.6 Å². The van der Waals surface area contributed by atoms with Gasteiger partial charge in [0, 0.05) is 9.84 Å². The van der Waals surface area contributed by atoms with Crippen LogP contribution in [0.1, 0.15) is 27.7 Å². The lowest BCUT2D eigenvalue weighted by Gasteiger charge is -2.31. The van der Waals surface area contributed by atoms with E-state index in [4.69, 9.17) is 0 Å². The van der Waals surface area contributed by atoms with E-state index in [0.717, 1.165) is 0 Å². The second-order valence-electron chi connectivity index (χ2n) is 3.61. The molecule has 2 N–H and O–H groups in total. The van der Waals surface area contributed by atoms with E-state index in [1.807, 2.05) is 13.8 Å². The molecular weight excluding hydrogens is 255 g/mol. The Kier molecular flexibility index (Phi) is 4.29. The van der Waals surface area contributed by atoms with E-state index in [0.29, 0.717) is 0 Å². The van der Waals surface area contributed by atoms with E-state index in [1.54, 1.807) is 13.8 Å². The van der Waals surface area contributed by atoms with Gasteiger partial charge in [0.2, 0.25) is 0 Å². The lowest BCUT2D eigenvalue weighted by molar-refractivity contribution is -0.0352. The molecule has 0 aromatic carbocycles. The Morgan fingerprint density at radius 2 is 1.64 bits per heavy atom. The molecule has 3 heteroatoms. The van der Waals surface area contributed by atoms with E-state index in [1.165, 1.54) is 0 Å². The van der Waals surface area contributed by atoms with E-state index in [2.05, 4.69) is 22.6 Å². The fourth-order valence-corrected chi connectivity index (χ4v) is 1.44. The van der Waals surface area contributed by atoms with Crippen molar-refractivity contribution in [1.82, 2.24) is 0 Å². The van der Waals surface area contributed by atoms with Crippen LogP contribution < -0.4 is 0 Å². The number of rotatable bonds is 3. The topological polar surface area (TPSA) is 40.5 Å². The SMILES string of the molecule is CC(I)C(O)C(C)C(C)(C)O. The van der Waals surface area contributed by atoms with Crippen LogP contribution in [0.4, 0.5) is 0 Å². The standard InChI is InChI=1S/C8H17IO2/c1-5(8(3,4)11)7(10)6(2)9/h5-7,10-11H,1-4H3. The number of hydrogen-bond donors (Lipinski definition) is 2. The third-order valence-corrected chi connectivity index (χ3v) is 2.83. The van der Waals surface area contributed by atoms with Crippen molar-refractivity contribution in [3.8, 4) is 0 Å². The lowest BCUT2D eigenvalue weighted by atomic mass is 9.87. The van der Waals surface area contributed by atoms with E-state index < -0.39 is 11.7 Å². The predicted molar refractivity (Wildman–Crippen MR) is 55.0 cm³/mol. The van der Waals surface area contributed by atoms with E-state index >= 15 is 0 Å². The number of aliphatic hydroxyl groups excluding tert-OH is 1. The first-order chi connectivity index (χ1) is 4.76. The van der Waals surface area contributed by atoms with Gasteiger partial charge in [-0.15, -0.1) is 0 Å². The van der Waals surface area contributed by atoms with Crippen molar-refractivity contribution < 1.29 is 10.2 Å². The van der Waals surface area contributed by atoms with Crippen molar-refractivity contribution in [3.63, 3.8) is 0 Å². The highest BCUT2D eigenvalue weighted by Crippen LogP contribution is 2.24. The largest absolute Gasteiger partial charge is 0.392 e. The summed E-state index contributed by atoms with van der Waals surface area (Å²) in [5, 5.41) is 19.1. The van der Waals surface area contributed by atoms with Gasteiger partial charge in [-0.25, -0.2) is 0 Å². The summed E-state index contributed by atoms with van der Waals surface area (Å²) in [5.74, 6) is -0.0885. The summed E-state index contributed by atoms with van der Waals surface area (Å²) in [5.41, 5.74) is -0.793. The fourth-order valence-electron chi connectivity index (χ4n) is 0.816. The predicted octanol–water partition coefficient (Wildman–Crippen LogP) is 1.58. The van der Waals surface area contributed by atoms with Crippen LogP contribution in [0.2, 0.25) is 0 Å². The molecule has 0 aromatic heterocycles. The molecule has 0 amide bonds. The molecule has 2 nitrogen and oxygen atoms in total. The van der Waals surface area contributed by atoms with Gasteiger partial charge >= 0.3 is 0 Å². The van der Waals surface area contributed by atoms with Crippen molar-refractivity contribution in [3.05, 3.63) is 0 Å². The Bertz CT molecular complexity index is 118. The van der Waals surface area contributed by atoms with Gasteiger partial charge in [0.25, 0.3) is 0 Å². The first-order valence-corrected chi connectivity index (χ1v) is 5.06. The van der Waals surface area contributed by atoms with Gasteiger partial charge in [-0.3, -0.25) is 0 Å². The van der Waals surface area contributed by atoms with Crippen molar-refractivity contribution in [2.24, 2.45) is 5.92 Å². The third-order valence-electron chi connectivity index (χ3n) is 2.10. The summed E-state index contributed by atoms with van der Waals surface area (Å²) >= 11 is 2.16. The average Bonchev–Trinajstić information content (AvgIpc) is 1.82. The zero-order valence-corrected chi connectivity index (χ0v) is 9.66. The molecule has 0 aliphatic rings. The second kappa shape index (κ2) is 4.05. The Hall–Kier alpha value is 0.650. The Labute approximate surface area is 82.1 Å². The van der Waals surface area contributed by atoms with Crippen molar-refractivity contribution in [1.29, 1.82) is 0 Å². The first-order valence-electron chi connectivity index (χ1n) is 3.81. The molecule has 0 saturated heterocycles. The first kappa shape index (κ1) is 11.6. The minimum Gasteiger partial charge on any atom is -0.392 e. The Morgan fingerprint density at radius 1 is 1.27 bits per heavy atom. The Balaban J connectivity index is 4.13. The number of hydrogen-bond acceptors (Lipinski definition) is 2. The van der Waals surface area contributed by atoms with Crippen LogP contribution in [-0.4, -0.2) is 25.8 Å². The smallest absolute Gasteiger partial charge is 0.0707 e. The maximum Gasteiger partial charge on any atom is 0.0707 e. The highest BCUT2D eigenvalue weighted by atomic mass is 127. The highest BCUT2D eigenvalue weighted by molar-refractivity contribution is 14.1. The molecule has 3 atom stereocenters. The lowest BCUT2D eigenvalue weighted by Crippen LogP contribution is -2.40. The second-order valence-corrected chi connectivity index (χ2v) is 5.58. The number of halogens is 1. The molecule has 0 bridgehead atoms. The molecule has 0 rings (SSSR count). The summed E-state index contributed by atoms with van der Waals surface area (Å²) in [6.07, 6.45) is -0.435. The van der Waals surface area contributed by atoms with Gasteiger partial charge in [-0.1, -0.05) is 36.4 Å². The molecule has 0 saturated carbocycles.